The second kappa shape index (κ2) is 9.78. The average Bonchev–Trinajstić information content (AvgIpc) is 3.62. The van der Waals surface area contributed by atoms with Crippen LogP contribution in [0.3, 0.4) is 0 Å². The molecule has 0 radical (unpaired) electrons. The molecule has 4 rings (SSSR count). The summed E-state index contributed by atoms with van der Waals surface area (Å²) in [5, 5.41) is 3.65. The zero-order valence-corrected chi connectivity index (χ0v) is 18.7. The predicted molar refractivity (Wildman–Crippen MR) is 124 cm³/mol. The van der Waals surface area contributed by atoms with Gasteiger partial charge in [0.1, 0.15) is 11.6 Å². The Labute approximate surface area is 197 Å². The molecule has 1 aromatic heterocycles. The van der Waals surface area contributed by atoms with Crippen LogP contribution in [0.5, 0.6) is 0 Å². The Kier molecular flexibility index (Phi) is 6.85. The highest BCUT2D eigenvalue weighted by Crippen LogP contribution is 2.32. The summed E-state index contributed by atoms with van der Waals surface area (Å²) in [6, 6.07) is 10.5. The second-order valence-corrected chi connectivity index (χ2v) is 8.70. The van der Waals surface area contributed by atoms with Crippen molar-refractivity contribution in [2.45, 2.75) is 17.7 Å². The maximum atomic E-state index is 14.9. The first-order valence-corrected chi connectivity index (χ1v) is 11.1. The first-order valence-electron chi connectivity index (χ1n) is 9.55. The highest BCUT2D eigenvalue weighted by molar-refractivity contribution is 8.00. The summed E-state index contributed by atoms with van der Waals surface area (Å²) in [5.41, 5.74) is 0.124. The molecular weight excluding hydrogens is 475 g/mol. The number of carbonyl (C=O) groups excluding carboxylic acids is 1. The minimum Gasteiger partial charge on any atom is -0.323 e. The maximum absolute atomic E-state index is 14.9. The van der Waals surface area contributed by atoms with Crippen LogP contribution in [0.25, 0.3) is 0 Å². The zero-order valence-electron chi connectivity index (χ0n) is 16.4. The minimum absolute atomic E-state index is 0.0491. The molecule has 4 nitrogen and oxygen atoms in total. The molecule has 0 atom stereocenters. The van der Waals surface area contributed by atoms with E-state index in [0.29, 0.717) is 26.3 Å². The monoisotopic (exact) mass is 489 g/mol. The fourth-order valence-corrected chi connectivity index (χ4v) is 3.86. The van der Waals surface area contributed by atoms with Crippen LogP contribution < -0.4 is 10.0 Å². The minimum atomic E-state index is -0.829. The Hall–Kier alpha value is -2.79. The molecule has 1 heterocycles. The molecule has 3 aromatic rings. The van der Waals surface area contributed by atoms with E-state index in [1.54, 1.807) is 30.3 Å². The SMILES string of the molecule is O=C(Nc1ccc(C#Cc2c(F)ccc(NSc3cc(Cl)ccc3Cl)c2F)cn1)C1CC1. The summed E-state index contributed by atoms with van der Waals surface area (Å²) in [5.74, 6) is 4.03. The van der Waals surface area contributed by atoms with E-state index in [2.05, 4.69) is 26.9 Å². The Bertz CT molecular complexity index is 1240. The summed E-state index contributed by atoms with van der Waals surface area (Å²) in [6.45, 7) is 0. The van der Waals surface area contributed by atoms with Gasteiger partial charge in [-0.2, -0.15) is 0 Å². The topological polar surface area (TPSA) is 54.0 Å². The van der Waals surface area contributed by atoms with E-state index in [1.807, 2.05) is 0 Å². The standard InChI is InChI=1S/C23H15Cl2F2N3OS/c24-15-5-7-17(25)20(11-15)32-30-19-9-8-18(26)16(22(19)27)6-1-13-2-10-21(28-12-13)29-23(31)14-3-4-14/h2,5,7-12,14,30H,3-4H2,(H,28,29,31). The van der Waals surface area contributed by atoms with Crippen molar-refractivity contribution in [3.8, 4) is 11.8 Å². The number of nitrogens with one attached hydrogen (secondary N) is 2. The smallest absolute Gasteiger partial charge is 0.228 e. The van der Waals surface area contributed by atoms with Crippen molar-refractivity contribution in [1.29, 1.82) is 0 Å². The van der Waals surface area contributed by atoms with Crippen LogP contribution in [0.2, 0.25) is 10.0 Å². The summed E-state index contributed by atoms with van der Waals surface area (Å²) >= 11 is 13.1. The van der Waals surface area contributed by atoms with Gasteiger partial charge in [0.2, 0.25) is 5.91 Å². The van der Waals surface area contributed by atoms with E-state index < -0.39 is 11.6 Å². The van der Waals surface area contributed by atoms with Gasteiger partial charge in [-0.05, 0) is 67.3 Å². The van der Waals surface area contributed by atoms with Crippen LogP contribution in [0.4, 0.5) is 20.3 Å². The lowest BCUT2D eigenvalue weighted by atomic mass is 10.1. The molecule has 0 saturated heterocycles. The van der Waals surface area contributed by atoms with E-state index in [4.69, 9.17) is 23.2 Å². The van der Waals surface area contributed by atoms with Crippen molar-refractivity contribution < 1.29 is 13.6 Å². The third-order valence-corrected chi connectivity index (χ3v) is 6.11. The first kappa shape index (κ1) is 22.4. The van der Waals surface area contributed by atoms with Crippen molar-refractivity contribution in [2.24, 2.45) is 5.92 Å². The number of benzene rings is 2. The van der Waals surface area contributed by atoms with Gasteiger partial charge in [-0.3, -0.25) is 4.79 Å². The Morgan fingerprint density at radius 1 is 1.09 bits per heavy atom. The number of anilines is 2. The van der Waals surface area contributed by atoms with Crippen LogP contribution in [0.1, 0.15) is 24.0 Å². The molecule has 32 heavy (non-hydrogen) atoms. The molecule has 162 valence electrons. The molecule has 1 amide bonds. The number of amides is 1. The Morgan fingerprint density at radius 2 is 1.91 bits per heavy atom. The molecule has 1 aliphatic rings. The van der Waals surface area contributed by atoms with Crippen LogP contribution in [-0.4, -0.2) is 10.9 Å². The molecule has 9 heteroatoms. The summed E-state index contributed by atoms with van der Waals surface area (Å²) in [6.07, 6.45) is 3.22. The van der Waals surface area contributed by atoms with Gasteiger partial charge in [0, 0.05) is 27.6 Å². The molecule has 0 unspecified atom stereocenters. The number of carbonyl (C=O) groups is 1. The number of halogens is 4. The van der Waals surface area contributed by atoms with E-state index in [1.165, 1.54) is 12.3 Å². The van der Waals surface area contributed by atoms with Crippen molar-refractivity contribution in [2.75, 3.05) is 10.0 Å². The lowest BCUT2D eigenvalue weighted by Crippen LogP contribution is -2.14. The van der Waals surface area contributed by atoms with Gasteiger partial charge >= 0.3 is 0 Å². The second-order valence-electron chi connectivity index (χ2n) is 7.01. The molecule has 1 saturated carbocycles. The van der Waals surface area contributed by atoms with Gasteiger partial charge in [0.05, 0.1) is 16.3 Å². The van der Waals surface area contributed by atoms with Gasteiger partial charge in [0.15, 0.2) is 5.82 Å². The van der Waals surface area contributed by atoms with Gasteiger partial charge in [-0.25, -0.2) is 13.8 Å². The van der Waals surface area contributed by atoms with Crippen LogP contribution in [-0.2, 0) is 4.79 Å². The summed E-state index contributed by atoms with van der Waals surface area (Å²) in [7, 11) is 0. The van der Waals surface area contributed by atoms with Crippen molar-refractivity contribution >= 4 is 52.6 Å². The van der Waals surface area contributed by atoms with E-state index >= 15 is 0 Å². The largest absolute Gasteiger partial charge is 0.323 e. The molecule has 0 bridgehead atoms. The number of aromatic nitrogens is 1. The number of pyridine rings is 1. The van der Waals surface area contributed by atoms with Crippen molar-refractivity contribution in [3.63, 3.8) is 0 Å². The molecule has 1 fully saturated rings. The fourth-order valence-electron chi connectivity index (χ4n) is 2.66. The first-order chi connectivity index (χ1) is 15.4. The van der Waals surface area contributed by atoms with Gasteiger partial charge in [-0.15, -0.1) is 0 Å². The Balaban J connectivity index is 1.49. The number of rotatable bonds is 5. The molecule has 0 aliphatic heterocycles. The van der Waals surface area contributed by atoms with Gasteiger partial charge in [-0.1, -0.05) is 35.0 Å². The molecule has 2 aromatic carbocycles. The maximum Gasteiger partial charge on any atom is 0.228 e. The van der Waals surface area contributed by atoms with E-state index in [9.17, 15) is 13.6 Å². The number of hydrogen-bond donors (Lipinski definition) is 2. The predicted octanol–water partition coefficient (Wildman–Crippen LogP) is 6.53. The van der Waals surface area contributed by atoms with Crippen LogP contribution in [0.15, 0.2) is 53.6 Å². The quantitative estimate of drug-likeness (QED) is 0.315. The number of nitrogens with zero attached hydrogens (tertiary/aromatic N) is 1. The third-order valence-electron chi connectivity index (χ3n) is 4.55. The van der Waals surface area contributed by atoms with Gasteiger partial charge in [0.25, 0.3) is 0 Å². The Morgan fingerprint density at radius 3 is 2.62 bits per heavy atom. The van der Waals surface area contributed by atoms with Crippen molar-refractivity contribution in [1.82, 2.24) is 4.98 Å². The van der Waals surface area contributed by atoms with E-state index in [0.717, 1.165) is 30.9 Å². The molecular formula is C23H15Cl2F2N3OS. The fraction of sp³-hybridized carbons (Fsp3) is 0.130. The third kappa shape index (κ3) is 5.52. The zero-order chi connectivity index (χ0) is 22.7. The molecule has 0 spiro atoms. The molecule has 1 aliphatic carbocycles. The lowest BCUT2D eigenvalue weighted by molar-refractivity contribution is -0.117. The normalized spacial score (nSPS) is 12.6. The lowest BCUT2D eigenvalue weighted by Gasteiger charge is -2.09. The van der Waals surface area contributed by atoms with Crippen LogP contribution in [0, 0.1) is 29.4 Å². The van der Waals surface area contributed by atoms with Crippen LogP contribution >= 0.6 is 35.1 Å². The van der Waals surface area contributed by atoms with E-state index in [-0.39, 0.29) is 23.1 Å². The number of hydrogen-bond acceptors (Lipinski definition) is 4. The average molecular weight is 490 g/mol. The van der Waals surface area contributed by atoms with Gasteiger partial charge < -0.3 is 10.0 Å². The highest BCUT2D eigenvalue weighted by atomic mass is 35.5. The van der Waals surface area contributed by atoms with Crippen molar-refractivity contribution in [3.05, 3.63) is 81.5 Å². The summed E-state index contributed by atoms with van der Waals surface area (Å²) in [4.78, 5) is 16.5. The summed E-state index contributed by atoms with van der Waals surface area (Å²) < 4.78 is 31.9. The highest BCUT2D eigenvalue weighted by Gasteiger charge is 2.29. The molecule has 2 N–H and O–H groups in total.